The Bertz CT molecular complexity index is 1010. The minimum absolute atomic E-state index is 0.00154. The highest BCUT2D eigenvalue weighted by Crippen LogP contribution is 2.40. The predicted molar refractivity (Wildman–Crippen MR) is 130 cm³/mol. The third-order valence-electron chi connectivity index (χ3n) is 5.82. The molecule has 1 amide bonds. The highest BCUT2D eigenvalue weighted by molar-refractivity contribution is 7.80. The van der Waals surface area contributed by atoms with Gasteiger partial charge in [0.05, 0.1) is 25.9 Å². The van der Waals surface area contributed by atoms with Crippen molar-refractivity contribution in [2.24, 2.45) is 5.92 Å². The standard InChI is InChI=1S/C23H27N3O4S2/c1-14-3-8-17-18(13-14)32-20(19(17)22(28)29-2)25-23(31)24-16-6-4-15(5-7-16)21(27)26-9-11-30-12-10-26/h4-7,14H,3,8-13H2,1-2H3,(H2,24,25,31)/t14-/m1/s1. The average molecular weight is 474 g/mol. The molecule has 1 aromatic carbocycles. The van der Waals surface area contributed by atoms with Gasteiger partial charge < -0.3 is 25.0 Å². The molecule has 7 nitrogen and oxygen atoms in total. The van der Waals surface area contributed by atoms with Crippen LogP contribution in [0.5, 0.6) is 0 Å². The third-order valence-corrected chi connectivity index (χ3v) is 7.19. The van der Waals surface area contributed by atoms with Crippen LogP contribution in [-0.2, 0) is 22.3 Å². The van der Waals surface area contributed by atoms with E-state index in [1.54, 1.807) is 28.4 Å². The molecule has 1 aliphatic carbocycles. The first-order chi connectivity index (χ1) is 15.5. The molecule has 1 atom stereocenters. The first kappa shape index (κ1) is 22.7. The van der Waals surface area contributed by atoms with Gasteiger partial charge in [0.1, 0.15) is 5.00 Å². The number of thiophene rings is 1. The van der Waals surface area contributed by atoms with Crippen LogP contribution in [-0.4, -0.2) is 55.3 Å². The number of carbonyl (C=O) groups excluding carboxylic acids is 2. The van der Waals surface area contributed by atoms with Gasteiger partial charge in [-0.3, -0.25) is 4.79 Å². The number of anilines is 2. The van der Waals surface area contributed by atoms with Crippen molar-refractivity contribution in [3.05, 3.63) is 45.8 Å². The second-order valence-electron chi connectivity index (χ2n) is 8.11. The molecule has 4 rings (SSSR count). The highest BCUT2D eigenvalue weighted by Gasteiger charge is 2.28. The molecule has 1 saturated heterocycles. The summed E-state index contributed by atoms with van der Waals surface area (Å²) in [5.41, 5.74) is 3.06. The third kappa shape index (κ3) is 4.95. The number of morpholine rings is 1. The van der Waals surface area contributed by atoms with E-state index in [1.165, 1.54) is 12.0 Å². The Balaban J connectivity index is 1.44. The summed E-state index contributed by atoms with van der Waals surface area (Å²) in [4.78, 5) is 28.1. The summed E-state index contributed by atoms with van der Waals surface area (Å²) in [6.07, 6.45) is 2.90. The van der Waals surface area contributed by atoms with E-state index in [4.69, 9.17) is 21.7 Å². The average Bonchev–Trinajstić information content (AvgIpc) is 3.15. The lowest BCUT2D eigenvalue weighted by Crippen LogP contribution is -2.40. The normalized spacial score (nSPS) is 17.9. The first-order valence-electron chi connectivity index (χ1n) is 10.7. The maximum absolute atomic E-state index is 12.6. The van der Waals surface area contributed by atoms with Crippen molar-refractivity contribution >= 4 is 51.2 Å². The van der Waals surface area contributed by atoms with Crippen molar-refractivity contribution in [2.75, 3.05) is 44.0 Å². The fourth-order valence-electron chi connectivity index (χ4n) is 4.07. The number of nitrogens with zero attached hydrogens (tertiary/aromatic N) is 1. The van der Waals surface area contributed by atoms with Crippen LogP contribution in [0.15, 0.2) is 24.3 Å². The summed E-state index contributed by atoms with van der Waals surface area (Å²) in [6.45, 7) is 4.60. The number of hydrogen-bond acceptors (Lipinski definition) is 6. The predicted octanol–water partition coefficient (Wildman–Crippen LogP) is 3.94. The lowest BCUT2D eigenvalue weighted by Gasteiger charge is -2.26. The number of nitrogens with one attached hydrogen (secondary N) is 2. The van der Waals surface area contributed by atoms with E-state index in [2.05, 4.69) is 17.6 Å². The highest BCUT2D eigenvalue weighted by atomic mass is 32.1. The molecule has 0 radical (unpaired) electrons. The Labute approximate surface area is 197 Å². The van der Waals surface area contributed by atoms with Crippen LogP contribution in [0.2, 0.25) is 0 Å². The summed E-state index contributed by atoms with van der Waals surface area (Å²) in [5.74, 6) is 0.262. The summed E-state index contributed by atoms with van der Waals surface area (Å²) in [7, 11) is 1.40. The molecule has 2 heterocycles. The Hall–Kier alpha value is -2.49. The molecule has 1 fully saturated rings. The molecule has 0 unspecified atom stereocenters. The number of amides is 1. The fourth-order valence-corrected chi connectivity index (χ4v) is 5.76. The van der Waals surface area contributed by atoms with Crippen molar-refractivity contribution in [3.8, 4) is 0 Å². The van der Waals surface area contributed by atoms with Gasteiger partial charge in [-0.25, -0.2) is 4.79 Å². The molecule has 0 saturated carbocycles. The Morgan fingerprint density at radius 3 is 2.59 bits per heavy atom. The van der Waals surface area contributed by atoms with Gasteiger partial charge in [-0.2, -0.15) is 0 Å². The zero-order valence-electron chi connectivity index (χ0n) is 18.2. The number of thiocarbonyl (C=S) groups is 1. The summed E-state index contributed by atoms with van der Waals surface area (Å²) in [5, 5.41) is 7.42. The zero-order valence-corrected chi connectivity index (χ0v) is 19.9. The Morgan fingerprint density at radius 2 is 1.91 bits per heavy atom. The van der Waals surface area contributed by atoms with Gasteiger partial charge in [-0.15, -0.1) is 11.3 Å². The first-order valence-corrected chi connectivity index (χ1v) is 12.0. The van der Waals surface area contributed by atoms with Crippen molar-refractivity contribution in [2.45, 2.75) is 26.2 Å². The topological polar surface area (TPSA) is 79.9 Å². The van der Waals surface area contributed by atoms with Gasteiger partial charge in [0.15, 0.2) is 5.11 Å². The second kappa shape index (κ2) is 9.97. The molecule has 170 valence electrons. The lowest BCUT2D eigenvalue weighted by molar-refractivity contribution is 0.0303. The van der Waals surface area contributed by atoms with Gasteiger partial charge in [0.25, 0.3) is 5.91 Å². The van der Waals surface area contributed by atoms with Crippen molar-refractivity contribution in [1.82, 2.24) is 4.90 Å². The molecule has 1 aromatic heterocycles. The van der Waals surface area contributed by atoms with E-state index in [-0.39, 0.29) is 11.9 Å². The van der Waals surface area contributed by atoms with Gasteiger partial charge in [0, 0.05) is 29.2 Å². The van der Waals surface area contributed by atoms with Crippen molar-refractivity contribution in [3.63, 3.8) is 0 Å². The van der Waals surface area contributed by atoms with Crippen LogP contribution in [0, 0.1) is 5.92 Å². The molecule has 0 bridgehead atoms. The molecule has 1 aliphatic heterocycles. The van der Waals surface area contributed by atoms with E-state index in [1.807, 2.05) is 12.1 Å². The maximum Gasteiger partial charge on any atom is 0.341 e. The van der Waals surface area contributed by atoms with Crippen LogP contribution < -0.4 is 10.6 Å². The van der Waals surface area contributed by atoms with Crippen LogP contribution in [0.4, 0.5) is 10.7 Å². The molecule has 32 heavy (non-hydrogen) atoms. The molecule has 2 aliphatic rings. The largest absolute Gasteiger partial charge is 0.465 e. The molecule has 2 aromatic rings. The minimum Gasteiger partial charge on any atom is -0.465 e. The summed E-state index contributed by atoms with van der Waals surface area (Å²) >= 11 is 7.07. The van der Waals surface area contributed by atoms with Crippen LogP contribution in [0.25, 0.3) is 0 Å². The number of carbonyl (C=O) groups is 2. The zero-order chi connectivity index (χ0) is 22.7. The molecule has 2 N–H and O–H groups in total. The van der Waals surface area contributed by atoms with E-state index >= 15 is 0 Å². The smallest absolute Gasteiger partial charge is 0.341 e. The van der Waals surface area contributed by atoms with Crippen LogP contribution in [0.3, 0.4) is 0 Å². The van der Waals surface area contributed by atoms with Gasteiger partial charge in [-0.05, 0) is 67.2 Å². The van der Waals surface area contributed by atoms with Gasteiger partial charge >= 0.3 is 5.97 Å². The van der Waals surface area contributed by atoms with E-state index in [9.17, 15) is 9.59 Å². The Morgan fingerprint density at radius 1 is 1.19 bits per heavy atom. The number of esters is 1. The monoisotopic (exact) mass is 473 g/mol. The van der Waals surface area contributed by atoms with Crippen molar-refractivity contribution < 1.29 is 19.1 Å². The quantitative estimate of drug-likeness (QED) is 0.514. The number of fused-ring (bicyclic) bond motifs is 1. The van der Waals surface area contributed by atoms with E-state index in [0.29, 0.717) is 53.5 Å². The second-order valence-corrected chi connectivity index (χ2v) is 9.62. The molecule has 9 heteroatoms. The van der Waals surface area contributed by atoms with Gasteiger partial charge in [0.2, 0.25) is 0 Å². The number of hydrogen-bond donors (Lipinski definition) is 2. The summed E-state index contributed by atoms with van der Waals surface area (Å²) in [6, 6.07) is 7.22. The minimum atomic E-state index is -0.340. The lowest BCUT2D eigenvalue weighted by atomic mass is 9.88. The number of methoxy groups -OCH3 is 1. The molecular formula is C23H27N3O4S2. The fraction of sp³-hybridized carbons (Fsp3) is 0.435. The number of ether oxygens (including phenoxy) is 2. The van der Waals surface area contributed by atoms with Gasteiger partial charge in [-0.1, -0.05) is 6.92 Å². The van der Waals surface area contributed by atoms with E-state index < -0.39 is 0 Å². The SMILES string of the molecule is COC(=O)c1c(NC(=S)Nc2ccc(C(=O)N3CCOCC3)cc2)sc2c1CC[C@@H](C)C2. The van der Waals surface area contributed by atoms with Crippen LogP contribution in [0.1, 0.15) is 44.5 Å². The molecular weight excluding hydrogens is 446 g/mol. The summed E-state index contributed by atoms with van der Waals surface area (Å²) < 4.78 is 10.3. The van der Waals surface area contributed by atoms with Crippen molar-refractivity contribution in [1.29, 1.82) is 0 Å². The van der Waals surface area contributed by atoms with Crippen LogP contribution >= 0.6 is 23.6 Å². The number of benzene rings is 1. The van der Waals surface area contributed by atoms with E-state index in [0.717, 1.165) is 30.5 Å². The number of rotatable bonds is 4. The molecule has 0 spiro atoms. The Kier molecular flexibility index (Phi) is 7.07. The maximum atomic E-state index is 12.6.